The Kier molecular flexibility index (Phi) is 8.72. The van der Waals surface area contributed by atoms with Crippen molar-refractivity contribution >= 4 is 6.09 Å². The lowest BCUT2D eigenvalue weighted by Crippen LogP contribution is -2.39. The van der Waals surface area contributed by atoms with Gasteiger partial charge in [0.1, 0.15) is 12.2 Å². The van der Waals surface area contributed by atoms with Crippen LogP contribution in [0.4, 0.5) is 18.0 Å². The van der Waals surface area contributed by atoms with Gasteiger partial charge in [0, 0.05) is 19.6 Å². The molecule has 0 fully saturated rings. The molecule has 22 heavy (non-hydrogen) atoms. The van der Waals surface area contributed by atoms with E-state index in [0.29, 0.717) is 13.1 Å². The first-order chi connectivity index (χ1) is 9.89. The molecule has 0 saturated carbocycles. The number of amides is 1. The van der Waals surface area contributed by atoms with Crippen LogP contribution in [0.2, 0.25) is 0 Å². The molecule has 0 aromatic heterocycles. The third-order valence-electron chi connectivity index (χ3n) is 2.26. The molecule has 0 spiro atoms. The van der Waals surface area contributed by atoms with Crippen LogP contribution in [0.25, 0.3) is 0 Å². The fourth-order valence-corrected chi connectivity index (χ4v) is 1.48. The zero-order valence-corrected chi connectivity index (χ0v) is 13.4. The Labute approximate surface area is 128 Å². The number of carbonyl (C=O) groups excluding carboxylic acids is 1. The van der Waals surface area contributed by atoms with Crippen LogP contribution in [0.15, 0.2) is 0 Å². The second-order valence-electron chi connectivity index (χ2n) is 5.98. The van der Waals surface area contributed by atoms with Crippen molar-refractivity contribution in [3.05, 3.63) is 0 Å². The molecule has 0 bridgehead atoms. The van der Waals surface area contributed by atoms with E-state index in [2.05, 4.69) is 10.1 Å². The minimum absolute atomic E-state index is 0.133. The van der Waals surface area contributed by atoms with Gasteiger partial charge in [-0.25, -0.2) is 4.79 Å². The molecular formula is C13H25F3N2O4. The van der Waals surface area contributed by atoms with Crippen LogP contribution in [0.5, 0.6) is 0 Å². The molecule has 0 heterocycles. The fraction of sp³-hybridized carbons (Fsp3) is 0.923. The lowest BCUT2D eigenvalue weighted by Gasteiger charge is -2.22. The maximum Gasteiger partial charge on any atom is 0.411 e. The summed E-state index contributed by atoms with van der Waals surface area (Å²) in [4.78, 5) is 13.0. The Hall–Kier alpha value is -1.06. The highest BCUT2D eigenvalue weighted by Gasteiger charge is 2.27. The number of ether oxygens (including phenoxy) is 2. The molecule has 1 atom stereocenters. The van der Waals surface area contributed by atoms with Crippen molar-refractivity contribution in [3.63, 3.8) is 0 Å². The minimum Gasteiger partial charge on any atom is -0.444 e. The Balaban J connectivity index is 3.76. The summed E-state index contributed by atoms with van der Waals surface area (Å²) in [6.07, 6.45) is -5.98. The van der Waals surface area contributed by atoms with Gasteiger partial charge in [0.15, 0.2) is 0 Å². The highest BCUT2D eigenvalue weighted by Crippen LogP contribution is 2.14. The molecule has 0 aliphatic rings. The van der Waals surface area contributed by atoms with E-state index in [1.807, 2.05) is 0 Å². The number of hydrogen-bond acceptors (Lipinski definition) is 5. The van der Waals surface area contributed by atoms with Crippen molar-refractivity contribution < 1.29 is 32.5 Å². The van der Waals surface area contributed by atoms with Crippen LogP contribution in [-0.4, -0.2) is 73.9 Å². The topological polar surface area (TPSA) is 71.0 Å². The van der Waals surface area contributed by atoms with Crippen molar-refractivity contribution in [3.8, 4) is 0 Å². The summed E-state index contributed by atoms with van der Waals surface area (Å²) in [5, 5.41) is 12.1. The van der Waals surface area contributed by atoms with Crippen LogP contribution in [0, 0.1) is 0 Å². The normalized spacial score (nSPS) is 14.0. The Morgan fingerprint density at radius 1 is 1.32 bits per heavy atom. The van der Waals surface area contributed by atoms with Crippen molar-refractivity contribution in [2.75, 3.05) is 39.9 Å². The van der Waals surface area contributed by atoms with E-state index in [-0.39, 0.29) is 6.54 Å². The van der Waals surface area contributed by atoms with Crippen molar-refractivity contribution in [1.29, 1.82) is 0 Å². The van der Waals surface area contributed by atoms with Gasteiger partial charge in [0.05, 0.1) is 12.7 Å². The van der Waals surface area contributed by atoms with Gasteiger partial charge in [-0.2, -0.15) is 13.2 Å². The van der Waals surface area contributed by atoms with E-state index in [1.165, 1.54) is 0 Å². The van der Waals surface area contributed by atoms with E-state index in [1.54, 1.807) is 32.7 Å². The first kappa shape index (κ1) is 20.9. The zero-order valence-electron chi connectivity index (χ0n) is 13.4. The molecule has 1 amide bonds. The van der Waals surface area contributed by atoms with Gasteiger partial charge < -0.3 is 24.8 Å². The number of halogens is 3. The number of likely N-dealkylation sites (N-methyl/N-ethyl adjacent to an activating group) is 1. The van der Waals surface area contributed by atoms with E-state index in [0.717, 1.165) is 0 Å². The molecule has 0 aromatic rings. The average Bonchev–Trinajstić information content (AvgIpc) is 2.23. The number of nitrogens with zero attached hydrogens (tertiary/aromatic N) is 1. The average molecular weight is 330 g/mol. The number of aliphatic hydroxyl groups excluding tert-OH is 1. The largest absolute Gasteiger partial charge is 0.444 e. The molecule has 1 unspecified atom stereocenters. The van der Waals surface area contributed by atoms with Gasteiger partial charge in [-0.1, -0.05) is 0 Å². The second kappa shape index (κ2) is 9.16. The number of alkyl halides is 3. The molecule has 9 heteroatoms. The quantitative estimate of drug-likeness (QED) is 0.704. The predicted octanol–water partition coefficient (Wildman–Crippen LogP) is 1.38. The number of alkyl carbamates (subject to hydrolysis) is 1. The Morgan fingerprint density at radius 3 is 2.41 bits per heavy atom. The van der Waals surface area contributed by atoms with Gasteiger partial charge in [-0.3, -0.25) is 0 Å². The summed E-state index contributed by atoms with van der Waals surface area (Å²) in [7, 11) is 1.67. The van der Waals surface area contributed by atoms with Crippen molar-refractivity contribution in [2.45, 2.75) is 38.7 Å². The van der Waals surface area contributed by atoms with Gasteiger partial charge in [0.2, 0.25) is 0 Å². The maximum atomic E-state index is 11.9. The highest BCUT2D eigenvalue weighted by atomic mass is 19.4. The zero-order chi connectivity index (χ0) is 17.4. The number of hydrogen-bond donors (Lipinski definition) is 2. The van der Waals surface area contributed by atoms with Crippen LogP contribution in [-0.2, 0) is 9.47 Å². The molecule has 0 radical (unpaired) electrons. The van der Waals surface area contributed by atoms with Crippen LogP contribution in [0.3, 0.4) is 0 Å². The number of nitrogens with one attached hydrogen (secondary N) is 1. The highest BCUT2D eigenvalue weighted by molar-refractivity contribution is 5.67. The van der Waals surface area contributed by atoms with Crippen LogP contribution >= 0.6 is 0 Å². The lowest BCUT2D eigenvalue weighted by atomic mass is 10.2. The van der Waals surface area contributed by atoms with E-state index < -0.39 is 37.2 Å². The number of carbonyl (C=O) groups is 1. The van der Waals surface area contributed by atoms with Crippen LogP contribution in [0.1, 0.15) is 20.8 Å². The fourth-order valence-electron chi connectivity index (χ4n) is 1.48. The Morgan fingerprint density at radius 2 is 1.91 bits per heavy atom. The predicted molar refractivity (Wildman–Crippen MR) is 74.6 cm³/mol. The third-order valence-corrected chi connectivity index (χ3v) is 2.26. The van der Waals surface area contributed by atoms with Gasteiger partial charge in [-0.05, 0) is 27.8 Å². The van der Waals surface area contributed by atoms with E-state index in [4.69, 9.17) is 4.74 Å². The molecule has 0 aromatic carbocycles. The van der Waals surface area contributed by atoms with E-state index >= 15 is 0 Å². The summed E-state index contributed by atoms with van der Waals surface area (Å²) < 4.78 is 45.0. The minimum atomic E-state index is -4.40. The smallest absolute Gasteiger partial charge is 0.411 e. The first-order valence-electron chi connectivity index (χ1n) is 6.87. The maximum absolute atomic E-state index is 11.9. The standard InChI is InChI=1S/C13H25F3N2O4/c1-12(2,3)22-11(20)17-5-6-18(4)7-10(19)8-21-9-13(14,15)16/h10,19H,5-9H2,1-4H3,(H,17,20). The monoisotopic (exact) mass is 330 g/mol. The summed E-state index contributed by atoms with van der Waals surface area (Å²) in [6, 6.07) is 0. The molecule has 6 nitrogen and oxygen atoms in total. The van der Waals surface area contributed by atoms with Crippen molar-refractivity contribution in [1.82, 2.24) is 10.2 Å². The molecule has 0 aliphatic heterocycles. The van der Waals surface area contributed by atoms with Gasteiger partial charge in [0.25, 0.3) is 0 Å². The number of aliphatic hydroxyl groups is 1. The molecular weight excluding hydrogens is 305 g/mol. The van der Waals surface area contributed by atoms with Gasteiger partial charge >= 0.3 is 12.3 Å². The first-order valence-corrected chi connectivity index (χ1v) is 6.87. The summed E-state index contributed by atoms with van der Waals surface area (Å²) >= 11 is 0. The van der Waals surface area contributed by atoms with Crippen molar-refractivity contribution in [2.24, 2.45) is 0 Å². The molecule has 0 aliphatic carbocycles. The summed E-state index contributed by atoms with van der Waals surface area (Å²) in [6.45, 7) is 4.30. The van der Waals surface area contributed by atoms with Gasteiger partial charge in [-0.15, -0.1) is 0 Å². The van der Waals surface area contributed by atoms with E-state index in [9.17, 15) is 23.1 Å². The third kappa shape index (κ3) is 13.9. The molecule has 0 saturated heterocycles. The lowest BCUT2D eigenvalue weighted by molar-refractivity contribution is -0.179. The second-order valence-corrected chi connectivity index (χ2v) is 5.98. The number of rotatable bonds is 8. The Bertz CT molecular complexity index is 332. The molecule has 0 rings (SSSR count). The summed E-state index contributed by atoms with van der Waals surface area (Å²) in [5.41, 5.74) is -0.581. The SMILES string of the molecule is CN(CCNC(=O)OC(C)(C)C)CC(O)COCC(F)(F)F. The molecule has 132 valence electrons. The molecule has 2 N–H and O–H groups in total. The summed E-state index contributed by atoms with van der Waals surface area (Å²) in [5.74, 6) is 0. The van der Waals surface area contributed by atoms with Crippen LogP contribution < -0.4 is 5.32 Å².